The Hall–Kier alpha value is -0.870. The van der Waals surface area contributed by atoms with Gasteiger partial charge in [-0.2, -0.15) is 0 Å². The standard InChI is InChI=1S/C10H13NO2S/c1-10(2)5-11-7(9(12)13)6-3-4-14-8(6)10/h3-4,7,11H,5H2,1-2H3,(H,12,13). The van der Waals surface area contributed by atoms with Crippen LogP contribution in [-0.4, -0.2) is 17.6 Å². The SMILES string of the molecule is CC1(C)CNC(C(=O)O)c2ccsc21. The average Bonchev–Trinajstić information content (AvgIpc) is 2.52. The smallest absolute Gasteiger partial charge is 0.325 e. The van der Waals surface area contributed by atoms with E-state index in [0.29, 0.717) is 0 Å². The molecule has 0 saturated carbocycles. The molecule has 2 heterocycles. The van der Waals surface area contributed by atoms with Gasteiger partial charge in [0.05, 0.1) is 0 Å². The summed E-state index contributed by atoms with van der Waals surface area (Å²) in [6, 6.07) is 1.39. The summed E-state index contributed by atoms with van der Waals surface area (Å²) in [5, 5.41) is 14.0. The highest BCUT2D eigenvalue weighted by molar-refractivity contribution is 7.10. The van der Waals surface area contributed by atoms with Gasteiger partial charge in [0.25, 0.3) is 0 Å². The van der Waals surface area contributed by atoms with Crippen molar-refractivity contribution in [2.45, 2.75) is 25.3 Å². The number of rotatable bonds is 1. The van der Waals surface area contributed by atoms with Gasteiger partial charge < -0.3 is 5.11 Å². The number of carbonyl (C=O) groups is 1. The third kappa shape index (κ3) is 1.35. The maximum absolute atomic E-state index is 11.0. The van der Waals surface area contributed by atoms with Crippen molar-refractivity contribution in [1.82, 2.24) is 5.32 Å². The molecule has 1 aliphatic rings. The molecule has 3 nitrogen and oxygen atoms in total. The molecule has 0 radical (unpaired) electrons. The van der Waals surface area contributed by atoms with Crippen LogP contribution in [0.15, 0.2) is 11.4 Å². The van der Waals surface area contributed by atoms with E-state index >= 15 is 0 Å². The predicted molar refractivity (Wildman–Crippen MR) is 55.7 cm³/mol. The van der Waals surface area contributed by atoms with Crippen molar-refractivity contribution in [3.63, 3.8) is 0 Å². The number of hydrogen-bond donors (Lipinski definition) is 2. The highest BCUT2D eigenvalue weighted by atomic mass is 32.1. The molecule has 1 atom stereocenters. The van der Waals surface area contributed by atoms with Crippen LogP contribution in [0.4, 0.5) is 0 Å². The Morgan fingerprint density at radius 1 is 1.71 bits per heavy atom. The first-order valence-electron chi connectivity index (χ1n) is 4.56. The van der Waals surface area contributed by atoms with Crippen molar-refractivity contribution in [1.29, 1.82) is 0 Å². The molecule has 0 spiro atoms. The molecular formula is C10H13NO2S. The molecule has 0 aromatic carbocycles. The maximum Gasteiger partial charge on any atom is 0.325 e. The molecule has 14 heavy (non-hydrogen) atoms. The summed E-state index contributed by atoms with van der Waals surface area (Å²) in [6.45, 7) is 4.98. The Balaban J connectivity index is 2.47. The summed E-state index contributed by atoms with van der Waals surface area (Å²) in [7, 11) is 0. The monoisotopic (exact) mass is 211 g/mol. The summed E-state index contributed by atoms with van der Waals surface area (Å²) in [4.78, 5) is 12.2. The van der Waals surface area contributed by atoms with E-state index < -0.39 is 12.0 Å². The summed E-state index contributed by atoms with van der Waals surface area (Å²) in [6.07, 6.45) is 0. The van der Waals surface area contributed by atoms with Gasteiger partial charge in [-0.15, -0.1) is 11.3 Å². The van der Waals surface area contributed by atoms with Crippen LogP contribution in [0.3, 0.4) is 0 Å². The average molecular weight is 211 g/mol. The first-order valence-corrected chi connectivity index (χ1v) is 5.44. The van der Waals surface area contributed by atoms with E-state index in [-0.39, 0.29) is 5.41 Å². The molecule has 2 rings (SSSR count). The second kappa shape index (κ2) is 3.07. The fourth-order valence-corrected chi connectivity index (χ4v) is 2.93. The second-order valence-corrected chi connectivity index (χ2v) is 5.16. The van der Waals surface area contributed by atoms with Crippen molar-refractivity contribution in [3.8, 4) is 0 Å². The summed E-state index contributed by atoms with van der Waals surface area (Å²) >= 11 is 1.65. The van der Waals surface area contributed by atoms with Gasteiger partial charge in [0.15, 0.2) is 0 Å². The van der Waals surface area contributed by atoms with Crippen molar-refractivity contribution in [2.24, 2.45) is 0 Å². The predicted octanol–water partition coefficient (Wildman–Crippen LogP) is 1.75. The first-order chi connectivity index (χ1) is 6.52. The third-order valence-corrected chi connectivity index (χ3v) is 3.91. The van der Waals surface area contributed by atoms with E-state index in [9.17, 15) is 4.79 Å². The zero-order valence-electron chi connectivity index (χ0n) is 8.20. The molecule has 0 saturated heterocycles. The number of nitrogens with one attached hydrogen (secondary N) is 1. The Bertz CT molecular complexity index is 370. The number of carboxylic acids is 1. The normalized spacial score (nSPS) is 24.3. The van der Waals surface area contributed by atoms with Crippen LogP contribution in [0, 0.1) is 0 Å². The fraction of sp³-hybridized carbons (Fsp3) is 0.500. The number of hydrogen-bond acceptors (Lipinski definition) is 3. The van der Waals surface area contributed by atoms with Crippen LogP contribution in [0.2, 0.25) is 0 Å². The van der Waals surface area contributed by atoms with E-state index in [1.165, 1.54) is 4.88 Å². The zero-order chi connectivity index (χ0) is 10.3. The van der Waals surface area contributed by atoms with Crippen LogP contribution in [0.25, 0.3) is 0 Å². The van der Waals surface area contributed by atoms with Gasteiger partial charge in [0.2, 0.25) is 0 Å². The lowest BCUT2D eigenvalue weighted by Gasteiger charge is -2.33. The Morgan fingerprint density at radius 2 is 2.43 bits per heavy atom. The van der Waals surface area contributed by atoms with Crippen molar-refractivity contribution >= 4 is 17.3 Å². The molecule has 2 N–H and O–H groups in total. The van der Waals surface area contributed by atoms with Gasteiger partial charge >= 0.3 is 5.97 Å². The minimum Gasteiger partial charge on any atom is -0.480 e. The van der Waals surface area contributed by atoms with Crippen molar-refractivity contribution in [2.75, 3.05) is 6.54 Å². The first kappa shape index (κ1) is 9.68. The molecular weight excluding hydrogens is 198 g/mol. The van der Waals surface area contributed by atoms with E-state index in [1.807, 2.05) is 11.4 Å². The van der Waals surface area contributed by atoms with Gasteiger partial charge in [-0.1, -0.05) is 13.8 Å². The number of carboxylic acid groups (broad SMARTS) is 1. The van der Waals surface area contributed by atoms with Crippen molar-refractivity contribution in [3.05, 3.63) is 21.9 Å². The van der Waals surface area contributed by atoms with Crippen LogP contribution in [0.1, 0.15) is 30.3 Å². The minimum atomic E-state index is -0.792. The lowest BCUT2D eigenvalue weighted by atomic mass is 9.83. The molecule has 1 unspecified atom stereocenters. The lowest BCUT2D eigenvalue weighted by Crippen LogP contribution is -2.43. The Morgan fingerprint density at radius 3 is 3.07 bits per heavy atom. The maximum atomic E-state index is 11.0. The van der Waals surface area contributed by atoms with Gasteiger partial charge in [0.1, 0.15) is 6.04 Å². The zero-order valence-corrected chi connectivity index (χ0v) is 9.02. The van der Waals surface area contributed by atoms with Gasteiger partial charge in [-0.3, -0.25) is 10.1 Å². The van der Waals surface area contributed by atoms with E-state index in [4.69, 9.17) is 5.11 Å². The molecule has 4 heteroatoms. The van der Waals surface area contributed by atoms with Crippen molar-refractivity contribution < 1.29 is 9.90 Å². The molecule has 76 valence electrons. The van der Waals surface area contributed by atoms with E-state index in [0.717, 1.165) is 12.1 Å². The topological polar surface area (TPSA) is 49.3 Å². The fourth-order valence-electron chi connectivity index (χ4n) is 1.86. The quantitative estimate of drug-likeness (QED) is 0.744. The number of aliphatic carboxylic acids is 1. The molecule has 1 aromatic rings. The molecule has 1 aliphatic heterocycles. The summed E-state index contributed by atoms with van der Waals surface area (Å²) < 4.78 is 0. The second-order valence-electron chi connectivity index (χ2n) is 4.24. The summed E-state index contributed by atoms with van der Waals surface area (Å²) in [5.74, 6) is -0.792. The highest BCUT2D eigenvalue weighted by Gasteiger charge is 2.36. The molecule has 0 aliphatic carbocycles. The third-order valence-electron chi connectivity index (χ3n) is 2.62. The van der Waals surface area contributed by atoms with Crippen LogP contribution < -0.4 is 5.32 Å². The van der Waals surface area contributed by atoms with Gasteiger partial charge in [-0.05, 0) is 17.0 Å². The molecule has 0 amide bonds. The van der Waals surface area contributed by atoms with E-state index in [2.05, 4.69) is 19.2 Å². The van der Waals surface area contributed by atoms with Crippen LogP contribution in [-0.2, 0) is 10.2 Å². The minimum absolute atomic E-state index is 0.0510. The Labute approximate surface area is 86.8 Å². The summed E-state index contributed by atoms with van der Waals surface area (Å²) in [5.41, 5.74) is 0.980. The molecule has 0 bridgehead atoms. The molecule has 1 aromatic heterocycles. The number of thiophene rings is 1. The highest BCUT2D eigenvalue weighted by Crippen LogP contribution is 2.38. The van der Waals surface area contributed by atoms with Crippen LogP contribution >= 0.6 is 11.3 Å². The Kier molecular flexibility index (Phi) is 2.12. The molecule has 0 fully saturated rings. The van der Waals surface area contributed by atoms with E-state index in [1.54, 1.807) is 11.3 Å². The lowest BCUT2D eigenvalue weighted by molar-refractivity contribution is -0.139. The van der Waals surface area contributed by atoms with Crippen LogP contribution in [0.5, 0.6) is 0 Å². The number of fused-ring (bicyclic) bond motifs is 1. The largest absolute Gasteiger partial charge is 0.480 e. The van der Waals surface area contributed by atoms with Gasteiger partial charge in [-0.25, -0.2) is 0 Å². The van der Waals surface area contributed by atoms with Gasteiger partial charge in [0, 0.05) is 16.8 Å².